The molecule has 0 bridgehead atoms. The fraction of sp³-hybridized carbons (Fsp3) is 0. The van der Waals surface area contributed by atoms with Gasteiger partial charge >= 0.3 is 11.9 Å². The van der Waals surface area contributed by atoms with Crippen LogP contribution in [0.5, 0.6) is 0 Å². The number of carbonyl (C=O) groups is 2. The van der Waals surface area contributed by atoms with E-state index in [4.69, 9.17) is 5.11 Å². The van der Waals surface area contributed by atoms with Crippen LogP contribution < -0.4 is 0 Å². The fourth-order valence-corrected chi connectivity index (χ4v) is 2.42. The molecule has 3 aromatic rings. The van der Waals surface area contributed by atoms with Crippen LogP contribution in [-0.2, 0) is 0 Å². The van der Waals surface area contributed by atoms with E-state index in [2.05, 4.69) is 0 Å². The molecule has 3 rings (SSSR count). The molecule has 21 heavy (non-hydrogen) atoms. The summed E-state index contributed by atoms with van der Waals surface area (Å²) in [6.07, 6.45) is 0. The zero-order chi connectivity index (χ0) is 14.3. The van der Waals surface area contributed by atoms with Gasteiger partial charge in [0.1, 0.15) is 0 Å². The number of aromatic carboxylic acids is 2. The van der Waals surface area contributed by atoms with Crippen molar-refractivity contribution in [3.8, 4) is 0 Å². The molecule has 0 saturated heterocycles. The van der Waals surface area contributed by atoms with Gasteiger partial charge in [0.05, 0.1) is 11.1 Å². The number of hydrogen-bond acceptors (Lipinski definition) is 2. The number of fused-ring (bicyclic) bond motifs is 2. The van der Waals surface area contributed by atoms with Crippen molar-refractivity contribution in [3.05, 3.63) is 59.7 Å². The van der Waals surface area contributed by atoms with E-state index in [0.29, 0.717) is 10.8 Å². The molecule has 0 amide bonds. The third-order valence-corrected chi connectivity index (χ3v) is 3.33. The topological polar surface area (TPSA) is 74.6 Å². The Labute approximate surface area is 150 Å². The van der Waals surface area contributed by atoms with Crippen molar-refractivity contribution in [1.82, 2.24) is 0 Å². The predicted molar refractivity (Wildman–Crippen MR) is 81.1 cm³/mol. The van der Waals surface area contributed by atoms with Crippen LogP contribution in [0.3, 0.4) is 0 Å². The number of carboxylic acids is 2. The van der Waals surface area contributed by atoms with Crippen LogP contribution in [0.1, 0.15) is 20.7 Å². The summed E-state index contributed by atoms with van der Waals surface area (Å²) >= 11 is 0. The summed E-state index contributed by atoms with van der Waals surface area (Å²) in [6, 6.07) is 14.1. The zero-order valence-corrected chi connectivity index (χ0v) is 13.2. The Hall–Kier alpha value is -1.62. The first kappa shape index (κ1) is 15.8. The number of rotatable bonds is 2. The first-order valence-electron chi connectivity index (χ1n) is 6.00. The van der Waals surface area contributed by atoms with E-state index < -0.39 is 11.9 Å². The Balaban J connectivity index is 0.00000161. The van der Waals surface area contributed by atoms with Gasteiger partial charge < -0.3 is 10.2 Å². The van der Waals surface area contributed by atoms with Gasteiger partial charge in [-0.25, -0.2) is 9.59 Å². The molecule has 2 radical (unpaired) electrons. The first-order valence-corrected chi connectivity index (χ1v) is 6.00. The van der Waals surface area contributed by atoms with E-state index in [1.807, 2.05) is 30.3 Å². The second-order valence-corrected chi connectivity index (χ2v) is 4.52. The van der Waals surface area contributed by atoms with Crippen LogP contribution >= 0.6 is 0 Å². The summed E-state index contributed by atoms with van der Waals surface area (Å²) in [5, 5.41) is 21.5. The minimum Gasteiger partial charge on any atom is -0.478 e. The standard InChI is InChI=1S/C16H10O4.Ca/c17-15(18)12-6-5-11-7-9-3-1-2-4-10(9)8-13(11)14(12)16(19)20;/h1-8H,(H,17,18)(H,19,20);. The Morgan fingerprint density at radius 2 is 1.38 bits per heavy atom. The van der Waals surface area contributed by atoms with Gasteiger partial charge in [-0.2, -0.15) is 0 Å². The van der Waals surface area contributed by atoms with Crippen molar-refractivity contribution in [3.63, 3.8) is 0 Å². The average molecular weight is 306 g/mol. The van der Waals surface area contributed by atoms with Crippen molar-refractivity contribution >= 4 is 71.2 Å². The molecule has 0 aliphatic rings. The number of hydrogen-bond donors (Lipinski definition) is 2. The van der Waals surface area contributed by atoms with Crippen molar-refractivity contribution in [1.29, 1.82) is 0 Å². The van der Waals surface area contributed by atoms with Gasteiger partial charge in [-0.3, -0.25) is 0 Å². The van der Waals surface area contributed by atoms with Crippen LogP contribution in [-0.4, -0.2) is 59.9 Å². The Kier molecular flexibility index (Phi) is 4.52. The van der Waals surface area contributed by atoms with Crippen molar-refractivity contribution in [2.75, 3.05) is 0 Å². The third kappa shape index (κ3) is 2.75. The minimum atomic E-state index is -1.24. The van der Waals surface area contributed by atoms with E-state index in [-0.39, 0.29) is 48.9 Å². The molecule has 0 aliphatic carbocycles. The van der Waals surface area contributed by atoms with Crippen LogP contribution in [0.25, 0.3) is 21.5 Å². The molecular weight excluding hydrogens is 296 g/mol. The summed E-state index contributed by atoms with van der Waals surface area (Å²) in [7, 11) is 0. The Morgan fingerprint density at radius 1 is 0.762 bits per heavy atom. The fourth-order valence-electron chi connectivity index (χ4n) is 2.42. The summed E-state index contributed by atoms with van der Waals surface area (Å²) < 4.78 is 0. The average Bonchev–Trinajstić information content (AvgIpc) is 2.43. The molecule has 0 aromatic heterocycles. The molecule has 0 saturated carbocycles. The van der Waals surface area contributed by atoms with Crippen LogP contribution in [0.2, 0.25) is 0 Å². The zero-order valence-electron chi connectivity index (χ0n) is 11.0. The number of benzene rings is 3. The second kappa shape index (κ2) is 6.02. The van der Waals surface area contributed by atoms with Gasteiger partial charge in [0.25, 0.3) is 0 Å². The van der Waals surface area contributed by atoms with Gasteiger partial charge in [0.15, 0.2) is 0 Å². The van der Waals surface area contributed by atoms with Gasteiger partial charge in [-0.1, -0.05) is 30.3 Å². The molecule has 0 unspecified atom stereocenters. The van der Waals surface area contributed by atoms with Crippen molar-refractivity contribution in [2.45, 2.75) is 0 Å². The normalized spacial score (nSPS) is 10.3. The van der Waals surface area contributed by atoms with Gasteiger partial charge in [-0.15, -0.1) is 0 Å². The first-order chi connectivity index (χ1) is 9.58. The van der Waals surface area contributed by atoms with E-state index in [1.165, 1.54) is 6.07 Å². The molecule has 100 valence electrons. The molecular formula is C16H10CaO4. The van der Waals surface area contributed by atoms with Crippen molar-refractivity contribution < 1.29 is 19.8 Å². The van der Waals surface area contributed by atoms with Gasteiger partial charge in [-0.05, 0) is 39.7 Å². The minimum absolute atomic E-state index is 0. The molecule has 0 spiro atoms. The van der Waals surface area contributed by atoms with E-state index in [0.717, 1.165) is 10.8 Å². The third-order valence-electron chi connectivity index (χ3n) is 3.33. The van der Waals surface area contributed by atoms with Crippen molar-refractivity contribution in [2.24, 2.45) is 0 Å². The number of carboxylic acid groups (broad SMARTS) is 2. The maximum Gasteiger partial charge on any atom is 0.337 e. The monoisotopic (exact) mass is 306 g/mol. The SMILES string of the molecule is O=C(O)c1ccc2cc3ccccc3cc2c1C(=O)O.[Ca]. The molecule has 0 atom stereocenters. The molecule has 0 fully saturated rings. The molecule has 5 heteroatoms. The van der Waals surface area contributed by atoms with Crippen LogP contribution in [0.4, 0.5) is 0 Å². The summed E-state index contributed by atoms with van der Waals surface area (Å²) in [5.41, 5.74) is -0.360. The maximum absolute atomic E-state index is 11.4. The summed E-state index contributed by atoms with van der Waals surface area (Å²) in [4.78, 5) is 22.6. The summed E-state index contributed by atoms with van der Waals surface area (Å²) in [6.45, 7) is 0. The quantitative estimate of drug-likeness (QED) is 0.564. The van der Waals surface area contributed by atoms with Gasteiger partial charge in [0, 0.05) is 37.7 Å². The molecule has 3 aromatic carbocycles. The van der Waals surface area contributed by atoms with Gasteiger partial charge in [0.2, 0.25) is 0 Å². The van der Waals surface area contributed by atoms with Crippen LogP contribution in [0, 0.1) is 0 Å². The second-order valence-electron chi connectivity index (χ2n) is 4.52. The molecule has 4 nitrogen and oxygen atoms in total. The van der Waals surface area contributed by atoms with E-state index >= 15 is 0 Å². The predicted octanol–water partition coefficient (Wildman–Crippen LogP) is 3.01. The van der Waals surface area contributed by atoms with Crippen LogP contribution in [0.15, 0.2) is 48.5 Å². The smallest absolute Gasteiger partial charge is 0.337 e. The summed E-state index contributed by atoms with van der Waals surface area (Å²) in [5.74, 6) is -2.47. The Morgan fingerprint density at radius 3 is 1.95 bits per heavy atom. The molecule has 2 N–H and O–H groups in total. The largest absolute Gasteiger partial charge is 0.478 e. The maximum atomic E-state index is 11.4. The van der Waals surface area contributed by atoms with E-state index in [1.54, 1.807) is 12.1 Å². The van der Waals surface area contributed by atoms with E-state index in [9.17, 15) is 14.7 Å². The molecule has 0 heterocycles. The Bertz CT molecular complexity index is 871. The molecule has 0 aliphatic heterocycles.